The molecule has 0 N–H and O–H groups in total. The first kappa shape index (κ1) is 12.2. The van der Waals surface area contributed by atoms with Gasteiger partial charge in [0.15, 0.2) is 11.2 Å². The summed E-state index contributed by atoms with van der Waals surface area (Å²) in [6.45, 7) is 1.97. The minimum Gasteiger partial charge on any atom is -0.296 e. The van der Waals surface area contributed by atoms with Crippen molar-refractivity contribution in [3.05, 3.63) is 31.5 Å². The predicted molar refractivity (Wildman–Crippen MR) is 76.5 cm³/mol. The zero-order valence-corrected chi connectivity index (χ0v) is 12.3. The van der Waals surface area contributed by atoms with Crippen molar-refractivity contribution in [2.24, 2.45) is 0 Å². The lowest BCUT2D eigenvalue weighted by Gasteiger charge is -1.95. The maximum atomic E-state index is 11.3. The second-order valence-electron chi connectivity index (χ2n) is 3.70. The highest BCUT2D eigenvalue weighted by Gasteiger charge is 2.19. The lowest BCUT2D eigenvalue weighted by molar-refractivity contribution is 0.111. The Labute approximate surface area is 121 Å². The molecule has 3 heterocycles. The Morgan fingerprint density at radius 2 is 2.17 bits per heavy atom. The number of fused-ring (bicyclic) bond motifs is 1. The van der Waals surface area contributed by atoms with E-state index in [4.69, 9.17) is 23.2 Å². The summed E-state index contributed by atoms with van der Waals surface area (Å²) in [6, 6.07) is 1.74. The van der Waals surface area contributed by atoms with Crippen molar-refractivity contribution in [3.8, 4) is 11.3 Å². The summed E-state index contributed by atoms with van der Waals surface area (Å²) in [5, 5.41) is 0. The number of carbonyl (C=O) groups is 1. The van der Waals surface area contributed by atoms with Crippen molar-refractivity contribution < 1.29 is 4.79 Å². The highest BCUT2D eigenvalue weighted by atomic mass is 35.5. The van der Waals surface area contributed by atoms with Gasteiger partial charge in [-0.3, -0.25) is 9.20 Å². The van der Waals surface area contributed by atoms with E-state index in [0.717, 1.165) is 16.1 Å². The van der Waals surface area contributed by atoms with Gasteiger partial charge in [-0.2, -0.15) is 0 Å². The predicted octanol–water partition coefficient (Wildman–Crippen LogP) is 4.55. The summed E-state index contributed by atoms with van der Waals surface area (Å²) >= 11 is 14.8. The third-order valence-electron chi connectivity index (χ3n) is 2.50. The molecular formula is C11H6Cl2N2OS2. The Balaban J connectivity index is 2.32. The molecule has 0 unspecified atom stereocenters. The highest BCUT2D eigenvalue weighted by Crippen LogP contribution is 2.39. The van der Waals surface area contributed by atoms with Gasteiger partial charge in [0.1, 0.15) is 15.7 Å². The van der Waals surface area contributed by atoms with Crippen LogP contribution in [0.3, 0.4) is 0 Å². The molecule has 0 atom stereocenters. The fraction of sp³-hybridized carbons (Fsp3) is 0.0909. The number of rotatable bonds is 2. The van der Waals surface area contributed by atoms with Gasteiger partial charge in [-0.05, 0) is 13.0 Å². The summed E-state index contributed by atoms with van der Waals surface area (Å²) in [7, 11) is 0. The SMILES string of the molecule is Cc1cn2c(C=O)c(-c3cc(Cl)sc3Cl)nc2s1. The Morgan fingerprint density at radius 3 is 2.78 bits per heavy atom. The van der Waals surface area contributed by atoms with Crippen LogP contribution in [0, 0.1) is 6.92 Å². The topological polar surface area (TPSA) is 34.4 Å². The molecule has 3 rings (SSSR count). The van der Waals surface area contributed by atoms with E-state index in [0.29, 0.717) is 25.6 Å². The minimum atomic E-state index is 0.505. The molecule has 0 saturated heterocycles. The molecule has 0 aliphatic heterocycles. The van der Waals surface area contributed by atoms with Crippen molar-refractivity contribution in [2.75, 3.05) is 0 Å². The average Bonchev–Trinajstić information content (AvgIpc) is 2.90. The summed E-state index contributed by atoms with van der Waals surface area (Å²) in [4.78, 5) is 17.6. The van der Waals surface area contributed by atoms with E-state index in [2.05, 4.69) is 4.98 Å². The first-order valence-corrected chi connectivity index (χ1v) is 7.38. The Morgan fingerprint density at radius 1 is 1.39 bits per heavy atom. The molecule has 3 aromatic rings. The van der Waals surface area contributed by atoms with Gasteiger partial charge in [0, 0.05) is 16.6 Å². The Kier molecular flexibility index (Phi) is 2.94. The van der Waals surface area contributed by atoms with E-state index < -0.39 is 0 Å². The van der Waals surface area contributed by atoms with Gasteiger partial charge in [-0.15, -0.1) is 22.7 Å². The molecule has 3 aromatic heterocycles. The molecule has 0 aliphatic rings. The summed E-state index contributed by atoms with van der Waals surface area (Å²) < 4.78 is 2.91. The fourth-order valence-electron chi connectivity index (χ4n) is 1.79. The van der Waals surface area contributed by atoms with Gasteiger partial charge in [0.2, 0.25) is 0 Å². The average molecular weight is 317 g/mol. The van der Waals surface area contributed by atoms with Crippen LogP contribution in [0.1, 0.15) is 15.4 Å². The third kappa shape index (κ3) is 1.78. The second-order valence-corrected chi connectivity index (χ2v) is 7.19. The van der Waals surface area contributed by atoms with Crippen LogP contribution in [0.25, 0.3) is 16.2 Å². The molecule has 3 nitrogen and oxygen atoms in total. The second kappa shape index (κ2) is 4.35. The van der Waals surface area contributed by atoms with Gasteiger partial charge < -0.3 is 0 Å². The van der Waals surface area contributed by atoms with Gasteiger partial charge in [0.25, 0.3) is 0 Å². The van der Waals surface area contributed by atoms with E-state index in [1.807, 2.05) is 13.1 Å². The normalized spacial score (nSPS) is 11.3. The van der Waals surface area contributed by atoms with Crippen molar-refractivity contribution in [1.29, 1.82) is 0 Å². The number of aldehydes is 1. The fourth-order valence-corrected chi connectivity index (χ4v) is 4.08. The molecule has 0 bridgehead atoms. The number of halogens is 2. The largest absolute Gasteiger partial charge is 0.296 e. The van der Waals surface area contributed by atoms with Crippen molar-refractivity contribution in [3.63, 3.8) is 0 Å². The Bertz CT molecular complexity index is 757. The van der Waals surface area contributed by atoms with Gasteiger partial charge >= 0.3 is 0 Å². The quantitative estimate of drug-likeness (QED) is 0.650. The molecule has 0 aromatic carbocycles. The molecule has 7 heteroatoms. The lowest BCUT2D eigenvalue weighted by atomic mass is 10.2. The van der Waals surface area contributed by atoms with E-state index in [1.54, 1.807) is 10.5 Å². The van der Waals surface area contributed by atoms with Crippen LogP contribution >= 0.6 is 45.9 Å². The zero-order chi connectivity index (χ0) is 12.9. The molecule has 0 spiro atoms. The number of aromatic nitrogens is 2. The van der Waals surface area contributed by atoms with E-state index in [-0.39, 0.29) is 0 Å². The first-order valence-electron chi connectivity index (χ1n) is 4.99. The smallest absolute Gasteiger partial charge is 0.195 e. The number of carbonyl (C=O) groups excluding carboxylic acids is 1. The van der Waals surface area contributed by atoms with Crippen molar-refractivity contribution in [1.82, 2.24) is 9.38 Å². The number of hydrogen-bond acceptors (Lipinski definition) is 4. The standard InChI is InChI=1S/C11H6Cl2N2OS2/c1-5-3-15-7(4-16)9(14-11(15)17-5)6-2-8(12)18-10(6)13/h2-4H,1H3. The number of imidazole rings is 1. The zero-order valence-electron chi connectivity index (χ0n) is 9.11. The maximum Gasteiger partial charge on any atom is 0.195 e. The Hall–Kier alpha value is -0.880. The summed E-state index contributed by atoms with van der Waals surface area (Å²) in [6.07, 6.45) is 2.69. The molecule has 0 saturated carbocycles. The highest BCUT2D eigenvalue weighted by molar-refractivity contribution is 7.20. The van der Waals surface area contributed by atoms with E-state index in [9.17, 15) is 4.79 Å². The number of nitrogens with zero attached hydrogens (tertiary/aromatic N) is 2. The van der Waals surface area contributed by atoms with Crippen LogP contribution < -0.4 is 0 Å². The van der Waals surface area contributed by atoms with Crippen molar-refractivity contribution in [2.45, 2.75) is 6.92 Å². The van der Waals surface area contributed by atoms with E-state index in [1.165, 1.54) is 22.7 Å². The molecule has 0 radical (unpaired) electrons. The molecule has 92 valence electrons. The van der Waals surface area contributed by atoms with Crippen molar-refractivity contribution >= 4 is 57.1 Å². The van der Waals surface area contributed by atoms with Gasteiger partial charge in [-0.1, -0.05) is 23.2 Å². The monoisotopic (exact) mass is 316 g/mol. The molecule has 0 fully saturated rings. The number of thiophene rings is 1. The number of thiazole rings is 1. The molecule has 18 heavy (non-hydrogen) atoms. The first-order chi connectivity index (χ1) is 8.60. The van der Waals surface area contributed by atoms with Gasteiger partial charge in [-0.25, -0.2) is 4.98 Å². The van der Waals surface area contributed by atoms with Crippen LogP contribution in [0.15, 0.2) is 12.3 Å². The van der Waals surface area contributed by atoms with Gasteiger partial charge in [0.05, 0.1) is 4.34 Å². The van der Waals surface area contributed by atoms with Crippen LogP contribution in [0.4, 0.5) is 0 Å². The van der Waals surface area contributed by atoms with Crippen LogP contribution in [-0.2, 0) is 0 Å². The third-order valence-corrected chi connectivity index (χ3v) is 4.89. The molecule has 0 amide bonds. The van der Waals surface area contributed by atoms with Crippen LogP contribution in [-0.4, -0.2) is 15.7 Å². The summed E-state index contributed by atoms with van der Waals surface area (Å²) in [5.41, 5.74) is 1.80. The number of hydrogen-bond donors (Lipinski definition) is 0. The number of aryl methyl sites for hydroxylation is 1. The molecular weight excluding hydrogens is 311 g/mol. The summed E-state index contributed by atoms with van der Waals surface area (Å²) in [5.74, 6) is 0. The minimum absolute atomic E-state index is 0.505. The van der Waals surface area contributed by atoms with Crippen LogP contribution in [0.2, 0.25) is 8.67 Å². The maximum absolute atomic E-state index is 11.3. The lowest BCUT2D eigenvalue weighted by Crippen LogP contribution is -1.89. The van der Waals surface area contributed by atoms with E-state index >= 15 is 0 Å². The molecule has 0 aliphatic carbocycles. The van der Waals surface area contributed by atoms with Crippen LogP contribution in [0.5, 0.6) is 0 Å².